The molecule has 0 aliphatic rings. The number of nitrogens with zero attached hydrogens (tertiary/aromatic N) is 1. The summed E-state index contributed by atoms with van der Waals surface area (Å²) in [5.41, 5.74) is 3.41. The van der Waals surface area contributed by atoms with Crippen LogP contribution in [0.4, 0.5) is 0 Å². The van der Waals surface area contributed by atoms with Gasteiger partial charge in [-0.2, -0.15) is 0 Å². The first-order chi connectivity index (χ1) is 14.4. The maximum atomic E-state index is 13.2. The van der Waals surface area contributed by atoms with Gasteiger partial charge in [0.25, 0.3) is 0 Å². The molecule has 2 aromatic rings. The van der Waals surface area contributed by atoms with E-state index in [-0.39, 0.29) is 17.9 Å². The van der Waals surface area contributed by atoms with Crippen LogP contribution in [-0.2, 0) is 21.9 Å². The van der Waals surface area contributed by atoms with E-state index in [0.29, 0.717) is 18.7 Å². The predicted octanol–water partition coefficient (Wildman–Crippen LogP) is 4.95. The maximum Gasteiger partial charge on any atom is 0.243 e. The van der Waals surface area contributed by atoms with Gasteiger partial charge in [0.15, 0.2) is 0 Å². The summed E-state index contributed by atoms with van der Waals surface area (Å²) < 4.78 is 0. The Morgan fingerprint density at radius 1 is 0.967 bits per heavy atom. The quantitative estimate of drug-likeness (QED) is 0.553. The molecule has 0 unspecified atom stereocenters. The third-order valence-corrected chi connectivity index (χ3v) is 6.19. The second kappa shape index (κ2) is 12.4. The van der Waals surface area contributed by atoms with Crippen molar-refractivity contribution >= 4 is 23.6 Å². The van der Waals surface area contributed by atoms with Crippen molar-refractivity contribution in [3.63, 3.8) is 0 Å². The number of carbonyl (C=O) groups excluding carboxylic acids is 2. The van der Waals surface area contributed by atoms with Gasteiger partial charge < -0.3 is 10.2 Å². The molecule has 2 amide bonds. The molecule has 0 heterocycles. The molecule has 30 heavy (non-hydrogen) atoms. The molecular formula is C25H34N2O2S. The molecule has 2 atom stereocenters. The maximum absolute atomic E-state index is 13.2. The van der Waals surface area contributed by atoms with E-state index in [1.54, 1.807) is 16.7 Å². The molecule has 162 valence electrons. The third kappa shape index (κ3) is 7.52. The molecule has 0 bridgehead atoms. The molecule has 0 spiro atoms. The first-order valence-electron chi connectivity index (χ1n) is 10.7. The van der Waals surface area contributed by atoms with Crippen LogP contribution in [0.15, 0.2) is 54.6 Å². The van der Waals surface area contributed by atoms with Crippen LogP contribution in [0.25, 0.3) is 0 Å². The minimum Gasteiger partial charge on any atom is -0.352 e. The SMILES string of the molecule is CC[C@@H](C)NC(=O)[C@H](CC)N(Cc1ccc(C)cc1)C(=O)CSCc1ccccc1. The first kappa shape index (κ1) is 24.0. The number of carbonyl (C=O) groups is 2. The van der Waals surface area contributed by atoms with Crippen LogP contribution in [0.2, 0.25) is 0 Å². The molecule has 5 heteroatoms. The molecule has 0 fully saturated rings. The van der Waals surface area contributed by atoms with E-state index < -0.39 is 6.04 Å². The van der Waals surface area contributed by atoms with Crippen molar-refractivity contribution in [2.24, 2.45) is 0 Å². The number of aryl methyl sites for hydroxylation is 1. The average Bonchev–Trinajstić information content (AvgIpc) is 2.75. The lowest BCUT2D eigenvalue weighted by molar-refractivity contribution is -0.139. The van der Waals surface area contributed by atoms with Crippen molar-refractivity contribution in [3.8, 4) is 0 Å². The van der Waals surface area contributed by atoms with E-state index in [1.165, 1.54) is 11.1 Å². The second-order valence-corrected chi connectivity index (χ2v) is 8.71. The molecule has 0 aliphatic carbocycles. The molecule has 0 saturated heterocycles. The molecular weight excluding hydrogens is 392 g/mol. The number of hydrogen-bond donors (Lipinski definition) is 1. The fourth-order valence-corrected chi connectivity index (χ4v) is 4.03. The van der Waals surface area contributed by atoms with Gasteiger partial charge in [-0.05, 0) is 37.8 Å². The molecule has 0 aliphatic heterocycles. The number of hydrogen-bond acceptors (Lipinski definition) is 3. The third-order valence-electron chi connectivity index (χ3n) is 5.20. The lowest BCUT2D eigenvalue weighted by atomic mass is 10.1. The Balaban J connectivity index is 2.12. The topological polar surface area (TPSA) is 49.4 Å². The van der Waals surface area contributed by atoms with Gasteiger partial charge in [0.2, 0.25) is 11.8 Å². The minimum absolute atomic E-state index is 0.00246. The molecule has 2 aromatic carbocycles. The Morgan fingerprint density at radius 2 is 1.63 bits per heavy atom. The van der Waals surface area contributed by atoms with Gasteiger partial charge in [-0.3, -0.25) is 9.59 Å². The van der Waals surface area contributed by atoms with Crippen molar-refractivity contribution in [2.45, 2.75) is 64.9 Å². The molecule has 4 nitrogen and oxygen atoms in total. The standard InChI is InChI=1S/C25H34N2O2S/c1-5-20(4)26-25(29)23(6-2)27(16-21-14-12-19(3)13-15-21)24(28)18-30-17-22-10-8-7-9-11-22/h7-15,20,23H,5-6,16-18H2,1-4H3,(H,26,29)/t20-,23+/m1/s1. The highest BCUT2D eigenvalue weighted by Crippen LogP contribution is 2.18. The van der Waals surface area contributed by atoms with Crippen LogP contribution in [-0.4, -0.2) is 34.6 Å². The van der Waals surface area contributed by atoms with Gasteiger partial charge in [0.05, 0.1) is 5.75 Å². The van der Waals surface area contributed by atoms with Gasteiger partial charge in [-0.25, -0.2) is 0 Å². The summed E-state index contributed by atoms with van der Waals surface area (Å²) in [4.78, 5) is 27.9. The summed E-state index contributed by atoms with van der Waals surface area (Å²) in [6, 6.07) is 17.9. The number of nitrogens with one attached hydrogen (secondary N) is 1. The van der Waals surface area contributed by atoms with Crippen molar-refractivity contribution in [1.29, 1.82) is 0 Å². The van der Waals surface area contributed by atoms with Crippen molar-refractivity contribution in [3.05, 3.63) is 71.3 Å². The highest BCUT2D eigenvalue weighted by Gasteiger charge is 2.29. The van der Waals surface area contributed by atoms with E-state index in [4.69, 9.17) is 0 Å². The van der Waals surface area contributed by atoms with E-state index >= 15 is 0 Å². The Bertz CT molecular complexity index is 793. The van der Waals surface area contributed by atoms with Gasteiger partial charge in [0.1, 0.15) is 6.04 Å². The smallest absolute Gasteiger partial charge is 0.243 e. The van der Waals surface area contributed by atoms with Crippen LogP contribution in [0, 0.1) is 6.92 Å². The van der Waals surface area contributed by atoms with Gasteiger partial charge >= 0.3 is 0 Å². The summed E-state index contributed by atoms with van der Waals surface area (Å²) in [7, 11) is 0. The average molecular weight is 427 g/mol. The number of thioether (sulfide) groups is 1. The van der Waals surface area contributed by atoms with Crippen LogP contribution in [0.5, 0.6) is 0 Å². The number of rotatable bonds is 11. The van der Waals surface area contributed by atoms with Crippen molar-refractivity contribution in [1.82, 2.24) is 10.2 Å². The molecule has 1 N–H and O–H groups in total. The van der Waals surface area contributed by atoms with Gasteiger partial charge in [0, 0.05) is 18.3 Å². The van der Waals surface area contributed by atoms with E-state index in [2.05, 4.69) is 17.4 Å². The zero-order valence-corrected chi connectivity index (χ0v) is 19.4. The highest BCUT2D eigenvalue weighted by molar-refractivity contribution is 7.99. The van der Waals surface area contributed by atoms with Gasteiger partial charge in [-0.15, -0.1) is 11.8 Å². The summed E-state index contributed by atoms with van der Waals surface area (Å²) in [5, 5.41) is 3.05. The summed E-state index contributed by atoms with van der Waals surface area (Å²) in [6.07, 6.45) is 1.45. The fourth-order valence-electron chi connectivity index (χ4n) is 3.16. The normalized spacial score (nSPS) is 12.8. The number of benzene rings is 2. The molecule has 2 rings (SSSR count). The molecule has 0 aromatic heterocycles. The van der Waals surface area contributed by atoms with Crippen molar-refractivity contribution < 1.29 is 9.59 Å². The summed E-state index contributed by atoms with van der Waals surface area (Å²) in [5.74, 6) is 1.07. The minimum atomic E-state index is -0.467. The molecule has 0 radical (unpaired) electrons. The Morgan fingerprint density at radius 3 is 2.23 bits per heavy atom. The second-order valence-electron chi connectivity index (χ2n) is 7.73. The van der Waals surface area contributed by atoms with E-state index in [9.17, 15) is 9.59 Å². The Labute approximate surface area is 185 Å². The van der Waals surface area contributed by atoms with Crippen molar-refractivity contribution in [2.75, 3.05) is 5.75 Å². The van der Waals surface area contributed by atoms with Gasteiger partial charge in [-0.1, -0.05) is 74.0 Å². The lowest BCUT2D eigenvalue weighted by Gasteiger charge is -2.31. The zero-order valence-electron chi connectivity index (χ0n) is 18.6. The lowest BCUT2D eigenvalue weighted by Crippen LogP contribution is -2.51. The fraction of sp³-hybridized carbons (Fsp3) is 0.440. The Kier molecular flexibility index (Phi) is 9.95. The van der Waals surface area contributed by atoms with Crippen LogP contribution in [0.1, 0.15) is 50.3 Å². The highest BCUT2D eigenvalue weighted by atomic mass is 32.2. The van der Waals surface area contributed by atoms with Crippen LogP contribution >= 0.6 is 11.8 Å². The zero-order chi connectivity index (χ0) is 21.9. The largest absolute Gasteiger partial charge is 0.352 e. The Hall–Kier alpha value is -2.27. The van der Waals surface area contributed by atoms with E-state index in [0.717, 1.165) is 17.7 Å². The monoisotopic (exact) mass is 426 g/mol. The predicted molar refractivity (Wildman–Crippen MR) is 126 cm³/mol. The first-order valence-corrected chi connectivity index (χ1v) is 11.9. The van der Waals surface area contributed by atoms with Crippen LogP contribution in [0.3, 0.4) is 0 Å². The van der Waals surface area contributed by atoms with Crippen LogP contribution < -0.4 is 5.32 Å². The molecule has 0 saturated carbocycles. The number of amides is 2. The summed E-state index contributed by atoms with van der Waals surface area (Å²) >= 11 is 1.59. The summed E-state index contributed by atoms with van der Waals surface area (Å²) in [6.45, 7) is 8.49. The van der Waals surface area contributed by atoms with E-state index in [1.807, 2.05) is 70.2 Å².